The van der Waals surface area contributed by atoms with Crippen LogP contribution in [-0.2, 0) is 23.6 Å². The Balaban J connectivity index is 1.41. The Kier molecular flexibility index (Phi) is 7.34. The number of furan rings is 1. The van der Waals surface area contributed by atoms with Crippen molar-refractivity contribution in [2.75, 3.05) is 20.2 Å². The molecule has 0 aliphatic carbocycles. The molecule has 1 saturated heterocycles. The van der Waals surface area contributed by atoms with Crippen LogP contribution in [0.25, 0.3) is 6.08 Å². The minimum atomic E-state index is 0.234. The summed E-state index contributed by atoms with van der Waals surface area (Å²) in [7, 11) is 2.08. The monoisotopic (exact) mass is 425 g/mol. The Morgan fingerprint density at radius 1 is 1.27 bits per heavy atom. The van der Waals surface area contributed by atoms with Gasteiger partial charge in [-0.15, -0.1) is 10.2 Å². The van der Waals surface area contributed by atoms with Crippen molar-refractivity contribution < 1.29 is 9.15 Å². The van der Waals surface area contributed by atoms with Crippen LogP contribution in [0.5, 0.6) is 0 Å². The molecule has 1 atom stereocenters. The molecular weight excluding hydrogens is 398 g/mol. The van der Waals surface area contributed by atoms with E-state index in [2.05, 4.69) is 37.8 Å². The standard InChI is InChI=1S/C22H27N5O2S/c1-26(12-4-8-19-9-5-13-28-19)16-21-24-25-22(27(21)15-20-10-6-14-29-20)30-17-18-7-2-3-11-23-18/h2-5,7-9,11,13,20H,6,10,12,14-17H2,1H3/b8-4+. The number of likely N-dealkylation sites (N-methyl/N-ethyl adjacent to an activating group) is 1. The van der Waals surface area contributed by atoms with Crippen LogP contribution in [0.1, 0.15) is 30.1 Å². The highest BCUT2D eigenvalue weighted by molar-refractivity contribution is 7.98. The molecule has 0 spiro atoms. The molecule has 0 saturated carbocycles. The van der Waals surface area contributed by atoms with Gasteiger partial charge in [0.2, 0.25) is 0 Å². The fraction of sp³-hybridized carbons (Fsp3) is 0.409. The Labute approximate surface area is 181 Å². The normalized spacial score (nSPS) is 16.8. The second-order valence-corrected chi connectivity index (χ2v) is 8.31. The highest BCUT2D eigenvalue weighted by Gasteiger charge is 2.21. The topological polar surface area (TPSA) is 69.2 Å². The maximum Gasteiger partial charge on any atom is 0.191 e. The van der Waals surface area contributed by atoms with Gasteiger partial charge in [-0.1, -0.05) is 23.9 Å². The molecule has 3 aromatic heterocycles. The molecule has 4 rings (SSSR count). The van der Waals surface area contributed by atoms with Crippen molar-refractivity contribution in [3.05, 3.63) is 66.1 Å². The second kappa shape index (κ2) is 10.6. The van der Waals surface area contributed by atoms with E-state index in [1.165, 1.54) is 0 Å². The molecular formula is C22H27N5O2S. The van der Waals surface area contributed by atoms with E-state index in [0.29, 0.717) is 6.54 Å². The minimum Gasteiger partial charge on any atom is -0.465 e. The van der Waals surface area contributed by atoms with Gasteiger partial charge in [-0.3, -0.25) is 9.88 Å². The van der Waals surface area contributed by atoms with Crippen molar-refractivity contribution in [3.63, 3.8) is 0 Å². The first-order chi connectivity index (χ1) is 14.8. The molecule has 1 unspecified atom stereocenters. The summed E-state index contributed by atoms with van der Waals surface area (Å²) in [6.07, 6.45) is 10.0. The highest BCUT2D eigenvalue weighted by Crippen LogP contribution is 2.24. The molecule has 0 N–H and O–H groups in total. The predicted octanol–water partition coefficient (Wildman–Crippen LogP) is 3.88. The van der Waals surface area contributed by atoms with E-state index in [-0.39, 0.29) is 6.10 Å². The van der Waals surface area contributed by atoms with Gasteiger partial charge in [0.25, 0.3) is 0 Å². The molecule has 0 amide bonds. The molecule has 1 aliphatic rings. The van der Waals surface area contributed by atoms with Crippen LogP contribution in [-0.4, -0.2) is 51.0 Å². The van der Waals surface area contributed by atoms with Gasteiger partial charge in [0.15, 0.2) is 5.16 Å². The number of hydrogen-bond acceptors (Lipinski definition) is 7. The SMILES string of the molecule is CN(C/C=C/c1ccco1)Cc1nnc(SCc2ccccn2)n1CC1CCCO1. The number of rotatable bonds is 10. The summed E-state index contributed by atoms with van der Waals surface area (Å²) < 4.78 is 13.4. The molecule has 1 aliphatic heterocycles. The van der Waals surface area contributed by atoms with Crippen LogP contribution in [0.3, 0.4) is 0 Å². The van der Waals surface area contributed by atoms with E-state index in [1.54, 1.807) is 18.0 Å². The van der Waals surface area contributed by atoms with Gasteiger partial charge in [-0.2, -0.15) is 0 Å². The smallest absolute Gasteiger partial charge is 0.191 e. The van der Waals surface area contributed by atoms with Crippen molar-refractivity contribution >= 4 is 17.8 Å². The summed E-state index contributed by atoms with van der Waals surface area (Å²) in [5.74, 6) is 2.59. The van der Waals surface area contributed by atoms with E-state index < -0.39 is 0 Å². The summed E-state index contributed by atoms with van der Waals surface area (Å²) in [6.45, 7) is 3.15. The van der Waals surface area contributed by atoms with Gasteiger partial charge in [0.1, 0.15) is 11.6 Å². The number of pyridine rings is 1. The Morgan fingerprint density at radius 2 is 2.23 bits per heavy atom. The van der Waals surface area contributed by atoms with E-state index in [9.17, 15) is 0 Å². The summed E-state index contributed by atoms with van der Waals surface area (Å²) >= 11 is 1.67. The molecule has 7 nitrogen and oxygen atoms in total. The molecule has 0 aromatic carbocycles. The van der Waals surface area contributed by atoms with Crippen molar-refractivity contribution in [1.29, 1.82) is 0 Å². The maximum absolute atomic E-state index is 5.88. The van der Waals surface area contributed by atoms with Gasteiger partial charge in [0, 0.05) is 25.1 Å². The number of aromatic nitrogens is 4. The summed E-state index contributed by atoms with van der Waals surface area (Å²) in [6, 6.07) is 9.81. The molecule has 4 heterocycles. The Bertz CT molecular complexity index is 920. The fourth-order valence-corrected chi connectivity index (χ4v) is 4.26. The number of thioether (sulfide) groups is 1. The van der Waals surface area contributed by atoms with Crippen LogP contribution in [0.4, 0.5) is 0 Å². The predicted molar refractivity (Wildman–Crippen MR) is 117 cm³/mol. The van der Waals surface area contributed by atoms with Crippen molar-refractivity contribution in [3.8, 4) is 0 Å². The lowest BCUT2D eigenvalue weighted by Gasteiger charge is -2.18. The van der Waals surface area contributed by atoms with E-state index in [1.807, 2.05) is 42.6 Å². The molecule has 1 fully saturated rings. The molecule has 8 heteroatoms. The van der Waals surface area contributed by atoms with E-state index >= 15 is 0 Å². The van der Waals surface area contributed by atoms with Crippen LogP contribution < -0.4 is 0 Å². The minimum absolute atomic E-state index is 0.234. The highest BCUT2D eigenvalue weighted by atomic mass is 32.2. The summed E-state index contributed by atoms with van der Waals surface area (Å²) in [4.78, 5) is 6.62. The second-order valence-electron chi connectivity index (χ2n) is 7.37. The molecule has 30 heavy (non-hydrogen) atoms. The van der Waals surface area contributed by atoms with E-state index in [0.717, 1.165) is 60.7 Å². The average molecular weight is 426 g/mol. The number of ether oxygens (including phenoxy) is 1. The average Bonchev–Trinajstić information content (AvgIpc) is 3.52. The lowest BCUT2D eigenvalue weighted by molar-refractivity contribution is 0.0935. The van der Waals surface area contributed by atoms with Gasteiger partial charge in [-0.25, -0.2) is 0 Å². The summed E-state index contributed by atoms with van der Waals surface area (Å²) in [5.41, 5.74) is 1.04. The summed E-state index contributed by atoms with van der Waals surface area (Å²) in [5, 5.41) is 9.90. The van der Waals surface area contributed by atoms with Crippen molar-refractivity contribution in [2.24, 2.45) is 0 Å². The van der Waals surface area contributed by atoms with Crippen molar-refractivity contribution in [1.82, 2.24) is 24.6 Å². The van der Waals surface area contributed by atoms with Gasteiger partial charge < -0.3 is 13.7 Å². The number of nitrogens with zero attached hydrogens (tertiary/aromatic N) is 5. The zero-order valence-electron chi connectivity index (χ0n) is 17.2. The molecule has 3 aromatic rings. The molecule has 0 bridgehead atoms. The third kappa shape index (κ3) is 5.81. The molecule has 0 radical (unpaired) electrons. The fourth-order valence-electron chi connectivity index (χ4n) is 3.38. The first-order valence-corrected chi connectivity index (χ1v) is 11.2. The molecule has 158 valence electrons. The van der Waals surface area contributed by atoms with Gasteiger partial charge in [-0.05, 0) is 50.2 Å². The largest absolute Gasteiger partial charge is 0.465 e. The van der Waals surface area contributed by atoms with Crippen LogP contribution in [0.15, 0.2) is 58.4 Å². The van der Waals surface area contributed by atoms with Crippen LogP contribution in [0.2, 0.25) is 0 Å². The zero-order chi connectivity index (χ0) is 20.6. The quantitative estimate of drug-likeness (QED) is 0.457. The third-order valence-corrected chi connectivity index (χ3v) is 5.93. The van der Waals surface area contributed by atoms with Crippen LogP contribution in [0, 0.1) is 0 Å². The first-order valence-electron chi connectivity index (χ1n) is 10.2. The van der Waals surface area contributed by atoms with Gasteiger partial charge in [0.05, 0.1) is 31.2 Å². The lowest BCUT2D eigenvalue weighted by Crippen LogP contribution is -2.23. The van der Waals surface area contributed by atoms with Gasteiger partial charge >= 0.3 is 0 Å². The third-order valence-electron chi connectivity index (χ3n) is 4.93. The van der Waals surface area contributed by atoms with E-state index in [4.69, 9.17) is 9.15 Å². The zero-order valence-corrected chi connectivity index (χ0v) is 18.0. The first kappa shape index (κ1) is 20.8. The van der Waals surface area contributed by atoms with Crippen molar-refractivity contribution in [2.45, 2.75) is 42.9 Å². The Morgan fingerprint density at radius 3 is 3.00 bits per heavy atom. The Hall–Kier alpha value is -2.42. The number of hydrogen-bond donors (Lipinski definition) is 0. The maximum atomic E-state index is 5.88. The van der Waals surface area contributed by atoms with Crippen LogP contribution >= 0.6 is 11.8 Å². The lowest BCUT2D eigenvalue weighted by atomic mass is 10.2.